The molecule has 1 heterocycles. The Morgan fingerprint density at radius 1 is 1.10 bits per heavy atom. The third kappa shape index (κ3) is 5.75. The highest BCUT2D eigenvalue weighted by atomic mass is 16.5. The molecule has 2 aromatic carbocycles. The molecule has 0 spiro atoms. The molecule has 3 rings (SSSR count). The van der Waals surface area contributed by atoms with Crippen LogP contribution < -0.4 is 15.0 Å². The molecule has 0 aromatic heterocycles. The fourth-order valence-electron chi connectivity index (χ4n) is 3.96. The molecule has 1 unspecified atom stereocenters. The van der Waals surface area contributed by atoms with E-state index in [0.29, 0.717) is 12.5 Å². The normalized spacial score (nSPS) is 15.5. The highest BCUT2D eigenvalue weighted by Gasteiger charge is 2.21. The lowest BCUT2D eigenvalue weighted by Gasteiger charge is -2.34. The van der Waals surface area contributed by atoms with Gasteiger partial charge in [0.2, 0.25) is 5.91 Å². The van der Waals surface area contributed by atoms with Gasteiger partial charge >= 0.3 is 5.97 Å². The monoisotopic (exact) mass is 410 g/mol. The lowest BCUT2D eigenvalue weighted by Crippen LogP contribution is -2.32. The summed E-state index contributed by atoms with van der Waals surface area (Å²) < 4.78 is 5.52. The Bertz CT molecular complexity index is 841. The Morgan fingerprint density at radius 2 is 1.73 bits per heavy atom. The number of rotatable bonds is 8. The van der Waals surface area contributed by atoms with E-state index >= 15 is 0 Å². The Labute approximate surface area is 177 Å². The van der Waals surface area contributed by atoms with Gasteiger partial charge < -0.3 is 20.1 Å². The maximum atomic E-state index is 11.6. The molecule has 0 aliphatic carbocycles. The van der Waals surface area contributed by atoms with Gasteiger partial charge in [0.05, 0.1) is 12.6 Å². The van der Waals surface area contributed by atoms with E-state index in [1.165, 1.54) is 11.3 Å². The van der Waals surface area contributed by atoms with E-state index in [2.05, 4.69) is 34.5 Å². The Morgan fingerprint density at radius 3 is 2.30 bits per heavy atom. The van der Waals surface area contributed by atoms with Crippen molar-refractivity contribution in [3.05, 3.63) is 59.7 Å². The number of amides is 1. The van der Waals surface area contributed by atoms with Crippen molar-refractivity contribution in [2.45, 2.75) is 45.1 Å². The molecular formula is C24H30N2O4. The van der Waals surface area contributed by atoms with Crippen LogP contribution in [0.4, 0.5) is 5.69 Å². The van der Waals surface area contributed by atoms with Crippen molar-refractivity contribution in [3.8, 4) is 5.75 Å². The van der Waals surface area contributed by atoms with Crippen LogP contribution in [0.3, 0.4) is 0 Å². The first-order chi connectivity index (χ1) is 14.5. The number of carbonyl (C=O) groups excluding carboxylic acids is 1. The first-order valence-electron chi connectivity index (χ1n) is 10.5. The number of carbonyl (C=O) groups is 2. The van der Waals surface area contributed by atoms with Gasteiger partial charge in [0.25, 0.3) is 0 Å². The van der Waals surface area contributed by atoms with Crippen molar-refractivity contribution in [1.29, 1.82) is 0 Å². The molecule has 1 atom stereocenters. The van der Waals surface area contributed by atoms with Crippen molar-refractivity contribution < 1.29 is 19.4 Å². The average molecular weight is 411 g/mol. The van der Waals surface area contributed by atoms with Crippen LogP contribution in [0.1, 0.15) is 56.2 Å². The summed E-state index contributed by atoms with van der Waals surface area (Å²) in [4.78, 5) is 24.7. The number of carboxylic acid groups (broad SMARTS) is 1. The van der Waals surface area contributed by atoms with Gasteiger partial charge in [0.1, 0.15) is 12.2 Å². The zero-order valence-electron chi connectivity index (χ0n) is 17.6. The minimum Gasteiger partial charge on any atom is -0.494 e. The molecular weight excluding hydrogens is 380 g/mol. The van der Waals surface area contributed by atoms with Crippen molar-refractivity contribution >= 4 is 17.6 Å². The summed E-state index contributed by atoms with van der Waals surface area (Å²) in [6.45, 7) is 6.56. The van der Waals surface area contributed by atoms with Crippen LogP contribution in [-0.4, -0.2) is 36.7 Å². The van der Waals surface area contributed by atoms with E-state index in [-0.39, 0.29) is 6.04 Å². The Kier molecular flexibility index (Phi) is 7.33. The molecule has 2 N–H and O–H groups in total. The van der Waals surface area contributed by atoms with Crippen molar-refractivity contribution in [3.63, 3.8) is 0 Å². The summed E-state index contributed by atoms with van der Waals surface area (Å²) in [5, 5.41) is 11.4. The molecule has 30 heavy (non-hydrogen) atoms. The fourth-order valence-corrected chi connectivity index (χ4v) is 3.96. The second kappa shape index (κ2) is 10.1. The quantitative estimate of drug-likeness (QED) is 0.640. The van der Waals surface area contributed by atoms with Crippen LogP contribution in [0.25, 0.3) is 0 Å². The van der Waals surface area contributed by atoms with E-state index < -0.39 is 18.3 Å². The number of nitrogens with one attached hydrogen (secondary N) is 1. The third-order valence-electron chi connectivity index (χ3n) is 5.60. The molecule has 1 fully saturated rings. The number of benzene rings is 2. The number of aliphatic carboxylic acids is 1. The third-order valence-corrected chi connectivity index (χ3v) is 5.60. The smallest absolute Gasteiger partial charge is 0.312 e. The number of piperidine rings is 1. The standard InChI is InChI=1S/C24H30N2O4/c1-3-30-22-10-8-21(9-11-22)26-14-12-20(13-15-26)19-6-4-18(5-7-19)17(2)25-23(27)16-24(28)29/h4-11,17,20H,3,12-16H2,1-2H3,(H,25,27)(H,28,29). The summed E-state index contributed by atoms with van der Waals surface area (Å²) in [5.74, 6) is -0.160. The summed E-state index contributed by atoms with van der Waals surface area (Å²) >= 11 is 0. The Hall–Kier alpha value is -3.02. The van der Waals surface area contributed by atoms with Crippen molar-refractivity contribution in [2.75, 3.05) is 24.6 Å². The molecule has 0 saturated carbocycles. The second-order valence-electron chi connectivity index (χ2n) is 7.71. The van der Waals surface area contributed by atoms with Crippen LogP contribution in [0.5, 0.6) is 5.75 Å². The molecule has 160 valence electrons. The van der Waals surface area contributed by atoms with Gasteiger partial charge in [-0.3, -0.25) is 9.59 Å². The van der Waals surface area contributed by atoms with Gasteiger partial charge in [0, 0.05) is 18.8 Å². The minimum atomic E-state index is -1.12. The number of hydrogen-bond donors (Lipinski definition) is 2. The maximum absolute atomic E-state index is 11.6. The van der Waals surface area contributed by atoms with E-state index in [9.17, 15) is 9.59 Å². The number of carboxylic acids is 1. The van der Waals surface area contributed by atoms with E-state index in [0.717, 1.165) is 37.2 Å². The van der Waals surface area contributed by atoms with E-state index in [4.69, 9.17) is 9.84 Å². The highest BCUT2D eigenvalue weighted by molar-refractivity contribution is 5.93. The van der Waals surface area contributed by atoms with Crippen molar-refractivity contribution in [1.82, 2.24) is 5.32 Å². The zero-order chi connectivity index (χ0) is 21.5. The van der Waals surface area contributed by atoms with Gasteiger partial charge in [-0.25, -0.2) is 0 Å². The topological polar surface area (TPSA) is 78.9 Å². The van der Waals surface area contributed by atoms with Gasteiger partial charge in [-0.1, -0.05) is 24.3 Å². The van der Waals surface area contributed by atoms with E-state index in [1.54, 1.807) is 0 Å². The summed E-state index contributed by atoms with van der Waals surface area (Å²) in [5.41, 5.74) is 3.52. The van der Waals surface area contributed by atoms with E-state index in [1.807, 2.05) is 38.1 Å². The lowest BCUT2D eigenvalue weighted by molar-refractivity contribution is -0.140. The molecule has 0 bridgehead atoms. The number of anilines is 1. The minimum absolute atomic E-state index is 0.215. The highest BCUT2D eigenvalue weighted by Crippen LogP contribution is 2.31. The predicted molar refractivity (Wildman–Crippen MR) is 117 cm³/mol. The molecule has 2 aromatic rings. The molecule has 1 saturated heterocycles. The first kappa shape index (κ1) is 21.7. The second-order valence-corrected chi connectivity index (χ2v) is 7.71. The fraction of sp³-hybridized carbons (Fsp3) is 0.417. The molecule has 1 amide bonds. The van der Waals surface area contributed by atoms with Crippen LogP contribution in [0, 0.1) is 0 Å². The summed E-state index contributed by atoms with van der Waals surface area (Å²) in [6, 6.07) is 16.4. The summed E-state index contributed by atoms with van der Waals surface area (Å²) in [6.07, 6.45) is 1.68. The molecule has 1 aliphatic rings. The number of nitrogens with zero attached hydrogens (tertiary/aromatic N) is 1. The largest absolute Gasteiger partial charge is 0.494 e. The summed E-state index contributed by atoms with van der Waals surface area (Å²) in [7, 11) is 0. The van der Waals surface area contributed by atoms with Gasteiger partial charge in [-0.05, 0) is 68.0 Å². The SMILES string of the molecule is CCOc1ccc(N2CCC(c3ccc(C(C)NC(=O)CC(=O)O)cc3)CC2)cc1. The first-order valence-corrected chi connectivity index (χ1v) is 10.5. The predicted octanol–water partition coefficient (Wildman–Crippen LogP) is 4.12. The van der Waals surface area contributed by atoms with Crippen LogP contribution in [0.15, 0.2) is 48.5 Å². The maximum Gasteiger partial charge on any atom is 0.312 e. The van der Waals surface area contributed by atoms with Gasteiger partial charge in [0.15, 0.2) is 0 Å². The molecule has 0 radical (unpaired) electrons. The van der Waals surface area contributed by atoms with Gasteiger partial charge in [-0.2, -0.15) is 0 Å². The number of ether oxygens (including phenoxy) is 1. The zero-order valence-corrected chi connectivity index (χ0v) is 17.6. The Balaban J connectivity index is 1.53. The van der Waals surface area contributed by atoms with Crippen LogP contribution >= 0.6 is 0 Å². The van der Waals surface area contributed by atoms with Crippen LogP contribution in [-0.2, 0) is 9.59 Å². The van der Waals surface area contributed by atoms with Gasteiger partial charge in [-0.15, -0.1) is 0 Å². The molecule has 6 heteroatoms. The number of hydrogen-bond acceptors (Lipinski definition) is 4. The van der Waals surface area contributed by atoms with Crippen molar-refractivity contribution in [2.24, 2.45) is 0 Å². The average Bonchev–Trinajstić information content (AvgIpc) is 2.74. The molecule has 6 nitrogen and oxygen atoms in total. The molecule has 1 aliphatic heterocycles. The lowest BCUT2D eigenvalue weighted by atomic mass is 9.88. The van der Waals surface area contributed by atoms with Crippen LogP contribution in [0.2, 0.25) is 0 Å².